The third-order valence-corrected chi connectivity index (χ3v) is 4.60. The van der Waals surface area contributed by atoms with E-state index in [4.69, 9.17) is 4.42 Å². The summed E-state index contributed by atoms with van der Waals surface area (Å²) < 4.78 is 5.83. The van der Waals surface area contributed by atoms with Gasteiger partial charge in [0, 0.05) is 12.1 Å². The van der Waals surface area contributed by atoms with E-state index in [9.17, 15) is 4.79 Å². The lowest BCUT2D eigenvalue weighted by Crippen LogP contribution is -3.16. The van der Waals surface area contributed by atoms with Gasteiger partial charge < -0.3 is 14.6 Å². The molecule has 0 aliphatic heterocycles. The minimum absolute atomic E-state index is 0.0717. The van der Waals surface area contributed by atoms with Gasteiger partial charge in [-0.2, -0.15) is 0 Å². The molecule has 1 amide bonds. The highest BCUT2D eigenvalue weighted by molar-refractivity contribution is 5.91. The van der Waals surface area contributed by atoms with E-state index in [-0.39, 0.29) is 11.4 Å². The molecule has 2 N–H and O–H groups in total. The van der Waals surface area contributed by atoms with E-state index >= 15 is 0 Å². The molecule has 0 aliphatic rings. The van der Waals surface area contributed by atoms with Crippen LogP contribution in [0.3, 0.4) is 0 Å². The second kappa shape index (κ2) is 9.04. The van der Waals surface area contributed by atoms with Gasteiger partial charge in [0.05, 0.1) is 5.54 Å². The number of hydrogen-bond acceptors (Lipinski definition) is 2. The second-order valence-corrected chi connectivity index (χ2v) is 8.40. The van der Waals surface area contributed by atoms with Crippen molar-refractivity contribution >= 4 is 5.91 Å². The van der Waals surface area contributed by atoms with Gasteiger partial charge in [-0.25, -0.2) is 0 Å². The fourth-order valence-electron chi connectivity index (χ4n) is 2.80. The SMILES string of the molecule is CC(C)CCNC(=O)c1ccc(C[NH+](Cc2ccccc2)C(C)(C)C)o1. The first-order valence-corrected chi connectivity index (χ1v) is 9.51. The maximum atomic E-state index is 12.2. The van der Waals surface area contributed by atoms with E-state index in [1.807, 2.05) is 12.1 Å². The minimum Gasteiger partial charge on any atom is -0.450 e. The summed E-state index contributed by atoms with van der Waals surface area (Å²) in [7, 11) is 0. The van der Waals surface area contributed by atoms with Crippen LogP contribution in [-0.2, 0) is 13.1 Å². The molecular formula is C22H33N2O2+. The average Bonchev–Trinajstić information content (AvgIpc) is 3.03. The molecule has 0 fully saturated rings. The first-order chi connectivity index (χ1) is 12.3. The highest BCUT2D eigenvalue weighted by Crippen LogP contribution is 2.09. The molecular weight excluding hydrogens is 324 g/mol. The summed E-state index contributed by atoms with van der Waals surface area (Å²) in [6.07, 6.45) is 0.971. The molecule has 0 radical (unpaired) electrons. The van der Waals surface area contributed by atoms with Gasteiger partial charge in [0.15, 0.2) is 11.5 Å². The van der Waals surface area contributed by atoms with Crippen LogP contribution in [0.25, 0.3) is 0 Å². The second-order valence-electron chi connectivity index (χ2n) is 8.40. The maximum absolute atomic E-state index is 12.2. The highest BCUT2D eigenvalue weighted by atomic mass is 16.4. The molecule has 4 nitrogen and oxygen atoms in total. The van der Waals surface area contributed by atoms with Gasteiger partial charge in [0.1, 0.15) is 13.1 Å². The molecule has 0 spiro atoms. The predicted octanol–water partition coefficient (Wildman–Crippen LogP) is 3.44. The highest BCUT2D eigenvalue weighted by Gasteiger charge is 2.27. The van der Waals surface area contributed by atoms with Crippen LogP contribution in [-0.4, -0.2) is 18.0 Å². The molecule has 2 rings (SSSR count). The fraction of sp³-hybridized carbons (Fsp3) is 0.500. The Balaban J connectivity index is 2.00. The quantitative estimate of drug-likeness (QED) is 0.760. The van der Waals surface area contributed by atoms with Crippen LogP contribution in [0, 0.1) is 5.92 Å². The lowest BCUT2D eigenvalue weighted by atomic mass is 10.0. The largest absolute Gasteiger partial charge is 0.450 e. The number of carbonyl (C=O) groups excluding carboxylic acids is 1. The van der Waals surface area contributed by atoms with Gasteiger partial charge >= 0.3 is 0 Å². The Morgan fingerprint density at radius 1 is 1.08 bits per heavy atom. The van der Waals surface area contributed by atoms with Crippen molar-refractivity contribution in [2.75, 3.05) is 6.54 Å². The fourth-order valence-corrected chi connectivity index (χ4v) is 2.80. The molecule has 1 aromatic carbocycles. The van der Waals surface area contributed by atoms with E-state index in [0.717, 1.165) is 25.3 Å². The summed E-state index contributed by atoms with van der Waals surface area (Å²) in [5.41, 5.74) is 1.37. The van der Waals surface area contributed by atoms with Gasteiger partial charge in [-0.15, -0.1) is 0 Å². The standard InChI is InChI=1S/C22H32N2O2/c1-17(2)13-14-23-21(25)20-12-11-19(26-20)16-24(22(3,4)5)15-18-9-7-6-8-10-18/h6-12,17H,13-16H2,1-5H3,(H,23,25)/p+1. The number of nitrogens with one attached hydrogen (secondary N) is 2. The molecule has 1 unspecified atom stereocenters. The normalized spacial score (nSPS) is 13.0. The van der Waals surface area contributed by atoms with Crippen molar-refractivity contribution in [2.45, 2.75) is 59.7 Å². The zero-order valence-electron chi connectivity index (χ0n) is 16.8. The zero-order valence-corrected chi connectivity index (χ0v) is 16.8. The topological polar surface area (TPSA) is 46.7 Å². The Bertz CT molecular complexity index is 684. The third-order valence-electron chi connectivity index (χ3n) is 4.60. The number of amides is 1. The molecule has 0 saturated heterocycles. The van der Waals surface area contributed by atoms with Crippen molar-refractivity contribution in [1.82, 2.24) is 5.32 Å². The molecule has 0 aliphatic carbocycles. The van der Waals surface area contributed by atoms with E-state index in [1.54, 1.807) is 6.07 Å². The molecule has 2 aromatic rings. The van der Waals surface area contributed by atoms with E-state index in [1.165, 1.54) is 10.5 Å². The van der Waals surface area contributed by atoms with Crippen LogP contribution in [0.4, 0.5) is 0 Å². The Morgan fingerprint density at radius 2 is 1.77 bits per heavy atom. The Labute approximate surface area is 157 Å². The van der Waals surface area contributed by atoms with Gasteiger partial charge in [0.25, 0.3) is 5.91 Å². The van der Waals surface area contributed by atoms with Gasteiger partial charge in [-0.1, -0.05) is 44.2 Å². The molecule has 0 bridgehead atoms. The Kier molecular flexibility index (Phi) is 7.04. The van der Waals surface area contributed by atoms with Crippen LogP contribution in [0.1, 0.15) is 62.9 Å². The van der Waals surface area contributed by atoms with Crippen molar-refractivity contribution in [3.05, 3.63) is 59.5 Å². The smallest absolute Gasteiger partial charge is 0.287 e. The third kappa shape index (κ3) is 6.34. The summed E-state index contributed by atoms with van der Waals surface area (Å²) in [5, 5.41) is 2.93. The van der Waals surface area contributed by atoms with E-state index in [0.29, 0.717) is 18.2 Å². The molecule has 1 aromatic heterocycles. The summed E-state index contributed by atoms with van der Waals surface area (Å²) in [5.74, 6) is 1.69. The number of rotatable bonds is 8. The van der Waals surface area contributed by atoms with Crippen molar-refractivity contribution in [2.24, 2.45) is 5.92 Å². The summed E-state index contributed by atoms with van der Waals surface area (Å²) >= 11 is 0. The Hall–Kier alpha value is -2.07. The molecule has 1 atom stereocenters. The Morgan fingerprint density at radius 3 is 2.38 bits per heavy atom. The molecule has 142 valence electrons. The van der Waals surface area contributed by atoms with E-state index in [2.05, 4.69) is 64.2 Å². The number of furan rings is 1. The van der Waals surface area contributed by atoms with Crippen molar-refractivity contribution in [1.29, 1.82) is 0 Å². The van der Waals surface area contributed by atoms with Crippen LogP contribution < -0.4 is 10.2 Å². The number of carbonyl (C=O) groups is 1. The maximum Gasteiger partial charge on any atom is 0.287 e. The predicted molar refractivity (Wildman–Crippen MR) is 105 cm³/mol. The monoisotopic (exact) mass is 357 g/mol. The van der Waals surface area contributed by atoms with E-state index < -0.39 is 0 Å². The first-order valence-electron chi connectivity index (χ1n) is 9.51. The zero-order chi connectivity index (χ0) is 19.2. The van der Waals surface area contributed by atoms with Gasteiger partial charge in [0.2, 0.25) is 0 Å². The molecule has 1 heterocycles. The molecule has 26 heavy (non-hydrogen) atoms. The van der Waals surface area contributed by atoms with Gasteiger partial charge in [-0.3, -0.25) is 4.79 Å². The molecule has 4 heteroatoms. The van der Waals surface area contributed by atoms with Crippen LogP contribution >= 0.6 is 0 Å². The summed E-state index contributed by atoms with van der Waals surface area (Å²) in [6.45, 7) is 13.3. The van der Waals surface area contributed by atoms with Crippen LogP contribution in [0.2, 0.25) is 0 Å². The lowest BCUT2D eigenvalue weighted by molar-refractivity contribution is -0.973. The van der Waals surface area contributed by atoms with Crippen LogP contribution in [0.15, 0.2) is 46.9 Å². The first kappa shape index (κ1) is 20.2. The molecule has 0 saturated carbocycles. The van der Waals surface area contributed by atoms with Crippen molar-refractivity contribution in [3.8, 4) is 0 Å². The number of benzene rings is 1. The van der Waals surface area contributed by atoms with Gasteiger partial charge in [-0.05, 0) is 45.2 Å². The number of quaternary nitrogens is 1. The van der Waals surface area contributed by atoms with Crippen molar-refractivity contribution in [3.63, 3.8) is 0 Å². The number of hydrogen-bond donors (Lipinski definition) is 2. The summed E-state index contributed by atoms with van der Waals surface area (Å²) in [4.78, 5) is 13.6. The van der Waals surface area contributed by atoms with Crippen molar-refractivity contribution < 1.29 is 14.1 Å². The average molecular weight is 358 g/mol. The minimum atomic E-state index is -0.128. The lowest BCUT2D eigenvalue weighted by Gasteiger charge is -2.31. The van der Waals surface area contributed by atoms with Crippen LogP contribution in [0.5, 0.6) is 0 Å². The summed E-state index contributed by atoms with van der Waals surface area (Å²) in [6, 6.07) is 14.2.